The van der Waals surface area contributed by atoms with Gasteiger partial charge in [0, 0.05) is 17.4 Å². The highest BCUT2D eigenvalue weighted by Gasteiger charge is 2.18. The number of aromatic nitrogens is 2. The number of carbonyl (C=O) groups excluding carboxylic acids is 1. The van der Waals surface area contributed by atoms with E-state index in [1.54, 1.807) is 42.0 Å². The molecule has 1 N–H and O–H groups in total. The van der Waals surface area contributed by atoms with Gasteiger partial charge in [-0.25, -0.2) is 9.37 Å². The minimum Gasteiger partial charge on any atom is -0.493 e. The number of nitrogens with one attached hydrogen (secondary N) is 1. The number of hydrogen-bond acceptors (Lipinski definition) is 5. The van der Waals surface area contributed by atoms with Crippen LogP contribution < -0.4 is 14.8 Å². The van der Waals surface area contributed by atoms with E-state index in [4.69, 9.17) is 9.47 Å². The minimum atomic E-state index is -0.348. The summed E-state index contributed by atoms with van der Waals surface area (Å²) in [5.41, 5.74) is 1.53. The number of nitrogens with zero attached hydrogens (tertiary/aromatic N) is 2. The van der Waals surface area contributed by atoms with Crippen molar-refractivity contribution in [3.63, 3.8) is 0 Å². The predicted octanol–water partition coefficient (Wildman–Crippen LogP) is 4.00. The monoisotopic (exact) mass is 387 g/mol. The normalized spacial score (nSPS) is 10.5. The molecule has 27 heavy (non-hydrogen) atoms. The lowest BCUT2D eigenvalue weighted by atomic mass is 10.2. The summed E-state index contributed by atoms with van der Waals surface area (Å²) in [6, 6.07) is 11.0. The van der Waals surface area contributed by atoms with Gasteiger partial charge in [-0.3, -0.25) is 9.36 Å². The molecule has 3 aromatic rings. The van der Waals surface area contributed by atoms with Crippen LogP contribution in [0.1, 0.15) is 10.5 Å². The number of benzene rings is 2. The summed E-state index contributed by atoms with van der Waals surface area (Å²) >= 11 is 1.39. The van der Waals surface area contributed by atoms with Crippen LogP contribution >= 0.6 is 11.8 Å². The number of carbonyl (C=O) groups is 1. The van der Waals surface area contributed by atoms with Gasteiger partial charge in [-0.15, -0.1) is 0 Å². The predicted molar refractivity (Wildman–Crippen MR) is 103 cm³/mol. The number of methoxy groups -OCH3 is 2. The fourth-order valence-electron chi connectivity index (χ4n) is 2.59. The van der Waals surface area contributed by atoms with Crippen molar-refractivity contribution >= 4 is 23.4 Å². The van der Waals surface area contributed by atoms with Gasteiger partial charge in [0.2, 0.25) is 0 Å². The molecule has 0 bridgehead atoms. The molecule has 6 nitrogen and oxygen atoms in total. The SMILES string of the molecule is COc1ccc(NC(=O)c2cnc(SC)n2-c2ccc(F)cc2)cc1OC. The molecule has 0 radical (unpaired) electrons. The molecule has 0 fully saturated rings. The van der Waals surface area contributed by atoms with Gasteiger partial charge in [-0.2, -0.15) is 0 Å². The number of rotatable bonds is 6. The number of imidazole rings is 1. The van der Waals surface area contributed by atoms with Crippen LogP contribution in [0.15, 0.2) is 53.8 Å². The molecule has 8 heteroatoms. The Kier molecular flexibility index (Phi) is 5.66. The molecule has 1 amide bonds. The second-order valence-corrected chi connectivity index (χ2v) is 6.24. The molecule has 0 saturated carbocycles. The third kappa shape index (κ3) is 3.90. The molecule has 0 spiro atoms. The van der Waals surface area contributed by atoms with Crippen LogP contribution in [0.2, 0.25) is 0 Å². The zero-order chi connectivity index (χ0) is 19.4. The van der Waals surface area contributed by atoms with Gasteiger partial charge in [-0.1, -0.05) is 11.8 Å². The molecule has 0 unspecified atom stereocenters. The Morgan fingerprint density at radius 3 is 2.44 bits per heavy atom. The number of halogens is 1. The fraction of sp³-hybridized carbons (Fsp3) is 0.158. The second-order valence-electron chi connectivity index (χ2n) is 5.47. The average Bonchev–Trinajstić information content (AvgIpc) is 3.12. The molecule has 140 valence electrons. The summed E-state index contributed by atoms with van der Waals surface area (Å²) in [5.74, 6) is 0.379. The van der Waals surface area contributed by atoms with E-state index >= 15 is 0 Å². The van der Waals surface area contributed by atoms with Crippen molar-refractivity contribution in [1.82, 2.24) is 9.55 Å². The Morgan fingerprint density at radius 2 is 1.81 bits per heavy atom. The number of thioether (sulfide) groups is 1. The maximum Gasteiger partial charge on any atom is 0.274 e. The van der Waals surface area contributed by atoms with Gasteiger partial charge in [0.25, 0.3) is 5.91 Å². The van der Waals surface area contributed by atoms with Crippen LogP contribution in [-0.4, -0.2) is 35.9 Å². The molecular formula is C19H18FN3O3S. The van der Waals surface area contributed by atoms with Crippen LogP contribution in [0.25, 0.3) is 5.69 Å². The van der Waals surface area contributed by atoms with Crippen molar-refractivity contribution in [3.8, 4) is 17.2 Å². The smallest absolute Gasteiger partial charge is 0.274 e. The molecular weight excluding hydrogens is 369 g/mol. The van der Waals surface area contributed by atoms with E-state index in [0.29, 0.717) is 33.7 Å². The van der Waals surface area contributed by atoms with E-state index in [1.807, 2.05) is 6.26 Å². The number of anilines is 1. The molecule has 0 saturated heterocycles. The van der Waals surface area contributed by atoms with Crippen molar-refractivity contribution in [2.24, 2.45) is 0 Å². The molecule has 0 aliphatic heterocycles. The first-order valence-electron chi connectivity index (χ1n) is 7.98. The second kappa shape index (κ2) is 8.13. The van der Waals surface area contributed by atoms with E-state index in [1.165, 1.54) is 37.2 Å². The molecule has 0 aliphatic rings. The van der Waals surface area contributed by atoms with E-state index in [9.17, 15) is 9.18 Å². The van der Waals surface area contributed by atoms with Gasteiger partial charge >= 0.3 is 0 Å². The zero-order valence-electron chi connectivity index (χ0n) is 15.0. The van der Waals surface area contributed by atoms with Crippen molar-refractivity contribution < 1.29 is 18.7 Å². The van der Waals surface area contributed by atoms with Gasteiger partial charge in [0.1, 0.15) is 11.5 Å². The highest BCUT2D eigenvalue weighted by molar-refractivity contribution is 7.98. The van der Waals surface area contributed by atoms with Gasteiger partial charge in [0.05, 0.1) is 20.4 Å². The molecule has 2 aromatic carbocycles. The Morgan fingerprint density at radius 1 is 1.11 bits per heavy atom. The Labute approximate surface area is 160 Å². The lowest BCUT2D eigenvalue weighted by Crippen LogP contribution is -2.16. The largest absolute Gasteiger partial charge is 0.493 e. The molecule has 0 atom stereocenters. The van der Waals surface area contributed by atoms with Crippen molar-refractivity contribution in [1.29, 1.82) is 0 Å². The first-order chi connectivity index (χ1) is 13.1. The first kappa shape index (κ1) is 18.8. The summed E-state index contributed by atoms with van der Waals surface area (Å²) in [6.07, 6.45) is 3.35. The lowest BCUT2D eigenvalue weighted by molar-refractivity contribution is 0.102. The summed E-state index contributed by atoms with van der Waals surface area (Å²) < 4.78 is 25.4. The molecule has 3 rings (SSSR count). The van der Waals surface area contributed by atoms with E-state index < -0.39 is 0 Å². The van der Waals surface area contributed by atoms with Crippen molar-refractivity contribution in [2.45, 2.75) is 5.16 Å². The molecule has 1 aromatic heterocycles. The van der Waals surface area contributed by atoms with Crippen LogP contribution in [0.4, 0.5) is 10.1 Å². The van der Waals surface area contributed by atoms with Crippen molar-refractivity contribution in [3.05, 3.63) is 60.2 Å². The topological polar surface area (TPSA) is 65.4 Å². The standard InChI is InChI=1S/C19H18FN3O3S/c1-25-16-9-6-13(10-17(16)26-2)22-18(24)15-11-21-19(27-3)23(15)14-7-4-12(20)5-8-14/h4-11H,1-3H3,(H,22,24). The Bertz CT molecular complexity index is 957. The van der Waals surface area contributed by atoms with Gasteiger partial charge in [-0.05, 0) is 42.7 Å². The maximum atomic E-state index is 13.3. The number of amides is 1. The highest BCUT2D eigenvalue weighted by atomic mass is 32.2. The van der Waals surface area contributed by atoms with E-state index in [2.05, 4.69) is 10.3 Å². The quantitative estimate of drug-likeness (QED) is 0.648. The van der Waals surface area contributed by atoms with Crippen LogP contribution in [0.5, 0.6) is 11.5 Å². The summed E-state index contributed by atoms with van der Waals surface area (Å²) in [7, 11) is 3.07. The highest BCUT2D eigenvalue weighted by Crippen LogP contribution is 2.30. The molecule has 1 heterocycles. The summed E-state index contributed by atoms with van der Waals surface area (Å²) in [5, 5.41) is 3.45. The minimum absolute atomic E-state index is 0.334. The van der Waals surface area contributed by atoms with Gasteiger partial charge < -0.3 is 14.8 Å². The third-order valence-corrected chi connectivity index (χ3v) is 4.52. The fourth-order valence-corrected chi connectivity index (χ4v) is 3.13. The zero-order valence-corrected chi connectivity index (χ0v) is 15.8. The maximum absolute atomic E-state index is 13.3. The lowest BCUT2D eigenvalue weighted by Gasteiger charge is -2.13. The first-order valence-corrected chi connectivity index (χ1v) is 9.21. The third-order valence-electron chi connectivity index (χ3n) is 3.87. The van der Waals surface area contributed by atoms with Crippen LogP contribution in [0, 0.1) is 5.82 Å². The van der Waals surface area contributed by atoms with Crippen LogP contribution in [0.3, 0.4) is 0 Å². The van der Waals surface area contributed by atoms with Crippen LogP contribution in [-0.2, 0) is 0 Å². The van der Waals surface area contributed by atoms with Crippen molar-refractivity contribution in [2.75, 3.05) is 25.8 Å². The summed E-state index contributed by atoms with van der Waals surface area (Å²) in [6.45, 7) is 0. The number of hydrogen-bond donors (Lipinski definition) is 1. The van der Waals surface area contributed by atoms with E-state index in [-0.39, 0.29) is 11.7 Å². The van der Waals surface area contributed by atoms with Gasteiger partial charge in [0.15, 0.2) is 16.7 Å². The average molecular weight is 387 g/mol. The Hall–Kier alpha value is -3.00. The van der Waals surface area contributed by atoms with E-state index in [0.717, 1.165) is 0 Å². The Balaban J connectivity index is 1.94. The summed E-state index contributed by atoms with van der Waals surface area (Å²) in [4.78, 5) is 17.1. The molecule has 0 aliphatic carbocycles. The number of ether oxygens (including phenoxy) is 2.